The molecule has 2 aromatic rings. The van der Waals surface area contributed by atoms with Crippen molar-refractivity contribution in [2.75, 3.05) is 19.6 Å². The second-order valence-electron chi connectivity index (χ2n) is 8.63. The van der Waals surface area contributed by atoms with Gasteiger partial charge in [-0.3, -0.25) is 9.36 Å². The number of benzene rings is 1. The largest absolute Gasteiger partial charge is 0.420 e. The van der Waals surface area contributed by atoms with E-state index < -0.39 is 15.8 Å². The van der Waals surface area contributed by atoms with Gasteiger partial charge >= 0.3 is 5.76 Å². The molecule has 2 fully saturated rings. The fraction of sp³-hybridized carbons (Fsp3) is 0.619. The third-order valence-electron chi connectivity index (χ3n) is 6.29. The lowest BCUT2D eigenvalue weighted by molar-refractivity contribution is -0.133. The topological polar surface area (TPSA) is 92.8 Å². The number of likely N-dealkylation sites (tertiary alicyclic amines) is 1. The number of sulfonamides is 1. The van der Waals surface area contributed by atoms with Gasteiger partial charge in [0.15, 0.2) is 5.58 Å². The van der Waals surface area contributed by atoms with Crippen molar-refractivity contribution in [2.45, 2.75) is 63.4 Å². The van der Waals surface area contributed by atoms with E-state index in [1.807, 2.05) is 6.92 Å². The van der Waals surface area contributed by atoms with E-state index in [9.17, 15) is 18.0 Å². The van der Waals surface area contributed by atoms with E-state index in [0.717, 1.165) is 32.1 Å². The van der Waals surface area contributed by atoms with Gasteiger partial charge in [0.25, 0.3) is 0 Å². The Bertz CT molecular complexity index is 1100. The zero-order valence-corrected chi connectivity index (χ0v) is 18.4. The minimum Gasteiger partial charge on any atom is -0.408 e. The Morgan fingerprint density at radius 2 is 1.93 bits per heavy atom. The summed E-state index contributed by atoms with van der Waals surface area (Å²) in [6, 6.07) is 4.41. The van der Waals surface area contributed by atoms with E-state index in [2.05, 4.69) is 6.92 Å². The number of hydrogen-bond donors (Lipinski definition) is 0. The summed E-state index contributed by atoms with van der Waals surface area (Å²) in [6.45, 7) is 5.82. The smallest absolute Gasteiger partial charge is 0.408 e. The normalized spacial score (nSPS) is 23.7. The highest BCUT2D eigenvalue weighted by Crippen LogP contribution is 2.27. The summed E-state index contributed by atoms with van der Waals surface area (Å²) in [5, 5.41) is 0. The van der Waals surface area contributed by atoms with Crippen LogP contribution in [0.3, 0.4) is 0 Å². The van der Waals surface area contributed by atoms with Crippen LogP contribution in [0.1, 0.15) is 46.0 Å². The van der Waals surface area contributed by atoms with E-state index in [1.165, 1.54) is 21.0 Å². The Balaban J connectivity index is 1.61. The average molecular weight is 436 g/mol. The number of fused-ring (bicyclic) bond motifs is 1. The van der Waals surface area contributed by atoms with Crippen molar-refractivity contribution >= 4 is 27.0 Å². The standard InChI is InChI=1S/C21H29N3O5S/c1-15-6-5-10-22(13-15)20(25)14-23-18-9-8-17(12-19(18)29-21(23)26)30(27,28)24-11-4-3-7-16(24)2/h8-9,12,15-16H,3-7,10-11,13-14H2,1-2H3/t15-,16+/m0/s1. The zero-order valence-electron chi connectivity index (χ0n) is 17.5. The van der Waals surface area contributed by atoms with Gasteiger partial charge in [-0.1, -0.05) is 13.3 Å². The van der Waals surface area contributed by atoms with Crippen molar-refractivity contribution in [3.8, 4) is 0 Å². The molecule has 0 bridgehead atoms. The molecule has 2 saturated heterocycles. The van der Waals surface area contributed by atoms with Crippen molar-refractivity contribution < 1.29 is 17.6 Å². The predicted octanol–water partition coefficient (Wildman–Crippen LogP) is 2.42. The molecule has 30 heavy (non-hydrogen) atoms. The first kappa shape index (κ1) is 21.1. The Kier molecular flexibility index (Phi) is 5.76. The summed E-state index contributed by atoms with van der Waals surface area (Å²) >= 11 is 0. The molecule has 3 heterocycles. The molecule has 2 aliphatic heterocycles. The minimum absolute atomic E-state index is 0.0550. The predicted molar refractivity (Wildman–Crippen MR) is 113 cm³/mol. The van der Waals surface area contributed by atoms with Crippen LogP contribution < -0.4 is 5.76 Å². The first-order chi connectivity index (χ1) is 14.3. The van der Waals surface area contributed by atoms with E-state index in [0.29, 0.717) is 31.1 Å². The Hall–Kier alpha value is -2.13. The summed E-state index contributed by atoms with van der Waals surface area (Å²) in [7, 11) is -3.67. The second-order valence-corrected chi connectivity index (χ2v) is 10.5. The number of carbonyl (C=O) groups is 1. The second kappa shape index (κ2) is 8.19. The molecule has 4 rings (SSSR count). The lowest BCUT2D eigenvalue weighted by Crippen LogP contribution is -2.42. The number of nitrogens with zero attached hydrogens (tertiary/aromatic N) is 3. The summed E-state index contributed by atoms with van der Waals surface area (Å²) in [4.78, 5) is 27.0. The number of amides is 1. The van der Waals surface area contributed by atoms with Crippen LogP contribution in [0.25, 0.3) is 11.1 Å². The third-order valence-corrected chi connectivity index (χ3v) is 8.30. The Morgan fingerprint density at radius 3 is 2.67 bits per heavy atom. The van der Waals surface area contributed by atoms with Crippen LogP contribution in [0, 0.1) is 5.92 Å². The SMILES string of the molecule is C[C@H]1CCCN(C(=O)Cn2c(=O)oc3cc(S(=O)(=O)N4CCCC[C@H]4C)ccc32)C1. The van der Waals surface area contributed by atoms with Gasteiger partial charge in [0.2, 0.25) is 15.9 Å². The average Bonchev–Trinajstić information content (AvgIpc) is 3.02. The quantitative estimate of drug-likeness (QED) is 0.735. The highest BCUT2D eigenvalue weighted by molar-refractivity contribution is 7.89. The maximum atomic E-state index is 13.1. The van der Waals surface area contributed by atoms with Crippen molar-refractivity contribution in [3.05, 3.63) is 28.7 Å². The molecule has 0 aliphatic carbocycles. The fourth-order valence-corrected chi connectivity index (χ4v) is 6.29. The van der Waals surface area contributed by atoms with Crippen LogP contribution in [0.5, 0.6) is 0 Å². The Labute approximate surface area is 176 Å². The number of piperidine rings is 2. The molecule has 0 saturated carbocycles. The van der Waals surface area contributed by atoms with Crippen LogP contribution in [0.4, 0.5) is 0 Å². The number of oxazole rings is 1. The van der Waals surface area contributed by atoms with Crippen molar-refractivity contribution in [1.29, 1.82) is 0 Å². The molecule has 2 aliphatic rings. The third kappa shape index (κ3) is 3.92. The van der Waals surface area contributed by atoms with Crippen LogP contribution in [0.15, 0.2) is 32.3 Å². The fourth-order valence-electron chi connectivity index (χ4n) is 4.57. The molecule has 0 radical (unpaired) electrons. The highest BCUT2D eigenvalue weighted by atomic mass is 32.2. The summed E-state index contributed by atoms with van der Waals surface area (Å²) < 4.78 is 34.3. The number of hydrogen-bond acceptors (Lipinski definition) is 5. The van der Waals surface area contributed by atoms with Crippen molar-refractivity contribution in [2.24, 2.45) is 5.92 Å². The summed E-state index contributed by atoms with van der Waals surface area (Å²) in [5.74, 6) is -0.319. The molecule has 2 atom stereocenters. The maximum absolute atomic E-state index is 13.1. The molecule has 0 N–H and O–H groups in total. The van der Waals surface area contributed by atoms with Crippen LogP contribution in [-0.4, -0.2) is 53.8 Å². The molecule has 0 spiro atoms. The first-order valence-electron chi connectivity index (χ1n) is 10.7. The van der Waals surface area contributed by atoms with E-state index in [-0.39, 0.29) is 29.0 Å². The summed E-state index contributed by atoms with van der Waals surface area (Å²) in [5.41, 5.74) is 0.620. The molecule has 1 aromatic carbocycles. The monoisotopic (exact) mass is 435 g/mol. The van der Waals surface area contributed by atoms with Gasteiger partial charge in [-0.2, -0.15) is 4.31 Å². The minimum atomic E-state index is -3.67. The molecule has 164 valence electrons. The van der Waals surface area contributed by atoms with E-state index in [1.54, 1.807) is 11.0 Å². The Morgan fingerprint density at radius 1 is 1.13 bits per heavy atom. The van der Waals surface area contributed by atoms with Gasteiger partial charge in [0.05, 0.1) is 10.4 Å². The van der Waals surface area contributed by atoms with Crippen LogP contribution in [0.2, 0.25) is 0 Å². The van der Waals surface area contributed by atoms with Gasteiger partial charge in [-0.05, 0) is 50.7 Å². The van der Waals surface area contributed by atoms with Crippen molar-refractivity contribution in [3.63, 3.8) is 0 Å². The van der Waals surface area contributed by atoms with Gasteiger partial charge in [-0.25, -0.2) is 13.2 Å². The number of carbonyl (C=O) groups excluding carboxylic acids is 1. The lowest BCUT2D eigenvalue weighted by Gasteiger charge is -2.32. The first-order valence-corrected chi connectivity index (χ1v) is 12.1. The molecule has 1 amide bonds. The van der Waals surface area contributed by atoms with Gasteiger partial charge < -0.3 is 9.32 Å². The highest BCUT2D eigenvalue weighted by Gasteiger charge is 2.31. The maximum Gasteiger partial charge on any atom is 0.420 e. The molecular formula is C21H29N3O5S. The molecule has 1 aromatic heterocycles. The van der Waals surface area contributed by atoms with Gasteiger partial charge in [-0.15, -0.1) is 0 Å². The molecule has 9 heteroatoms. The van der Waals surface area contributed by atoms with Gasteiger partial charge in [0.1, 0.15) is 6.54 Å². The van der Waals surface area contributed by atoms with E-state index in [4.69, 9.17) is 4.42 Å². The lowest BCUT2D eigenvalue weighted by atomic mass is 10.0. The molecule has 8 nitrogen and oxygen atoms in total. The van der Waals surface area contributed by atoms with Gasteiger partial charge in [0, 0.05) is 31.7 Å². The molecular weight excluding hydrogens is 406 g/mol. The van der Waals surface area contributed by atoms with Crippen LogP contribution >= 0.6 is 0 Å². The zero-order chi connectivity index (χ0) is 21.5. The number of rotatable bonds is 4. The van der Waals surface area contributed by atoms with Crippen LogP contribution in [-0.2, 0) is 21.4 Å². The van der Waals surface area contributed by atoms with E-state index >= 15 is 0 Å². The van der Waals surface area contributed by atoms with Crippen molar-refractivity contribution in [1.82, 2.24) is 13.8 Å². The number of aromatic nitrogens is 1. The molecule has 0 unspecified atom stereocenters. The summed E-state index contributed by atoms with van der Waals surface area (Å²) in [6.07, 6.45) is 4.77.